The summed E-state index contributed by atoms with van der Waals surface area (Å²) in [6.07, 6.45) is 2.07. The minimum absolute atomic E-state index is 0.0468. The molecule has 1 aromatic carbocycles. The van der Waals surface area contributed by atoms with Crippen LogP contribution in [-0.4, -0.2) is 32.7 Å². The van der Waals surface area contributed by atoms with Crippen molar-refractivity contribution in [2.75, 3.05) is 20.8 Å². The third kappa shape index (κ3) is 5.09. The van der Waals surface area contributed by atoms with Crippen molar-refractivity contribution in [1.29, 1.82) is 0 Å². The number of hydrogen-bond acceptors (Lipinski definition) is 4. The van der Waals surface area contributed by atoms with Gasteiger partial charge < -0.3 is 20.5 Å². The maximum Gasteiger partial charge on any atom is 0.223 e. The predicted molar refractivity (Wildman–Crippen MR) is 79.1 cm³/mol. The van der Waals surface area contributed by atoms with Crippen LogP contribution in [0.4, 0.5) is 0 Å². The highest BCUT2D eigenvalue weighted by Gasteiger charge is 2.09. The molecule has 20 heavy (non-hydrogen) atoms. The van der Waals surface area contributed by atoms with Gasteiger partial charge in [-0.25, -0.2) is 0 Å². The van der Waals surface area contributed by atoms with Crippen molar-refractivity contribution in [1.82, 2.24) is 5.32 Å². The Morgan fingerprint density at radius 3 is 2.75 bits per heavy atom. The van der Waals surface area contributed by atoms with Crippen LogP contribution >= 0.6 is 0 Å². The highest BCUT2D eigenvalue weighted by molar-refractivity contribution is 5.75. The molecule has 0 fully saturated rings. The molecule has 0 aliphatic heterocycles. The average molecular weight is 280 g/mol. The molecule has 1 aromatic rings. The third-order valence-corrected chi connectivity index (χ3v) is 3.12. The highest BCUT2D eigenvalue weighted by Crippen LogP contribution is 2.28. The SMILES string of the molecule is CCC(N)Cc1ccc(OCCC(=O)NC)c(OC)c1. The summed E-state index contributed by atoms with van der Waals surface area (Å²) in [4.78, 5) is 11.1. The van der Waals surface area contributed by atoms with E-state index in [1.807, 2.05) is 18.2 Å². The lowest BCUT2D eigenvalue weighted by Crippen LogP contribution is -2.21. The van der Waals surface area contributed by atoms with E-state index in [0.29, 0.717) is 24.5 Å². The van der Waals surface area contributed by atoms with Crippen LogP contribution in [0.5, 0.6) is 11.5 Å². The molecule has 1 unspecified atom stereocenters. The van der Waals surface area contributed by atoms with E-state index in [0.717, 1.165) is 18.4 Å². The largest absolute Gasteiger partial charge is 0.493 e. The first-order valence-electron chi connectivity index (χ1n) is 6.86. The van der Waals surface area contributed by atoms with Gasteiger partial charge in [0.05, 0.1) is 20.1 Å². The smallest absolute Gasteiger partial charge is 0.223 e. The van der Waals surface area contributed by atoms with Crippen molar-refractivity contribution in [2.45, 2.75) is 32.2 Å². The summed E-state index contributed by atoms with van der Waals surface area (Å²) < 4.78 is 10.9. The first-order chi connectivity index (χ1) is 9.60. The molecule has 5 heteroatoms. The number of nitrogens with two attached hydrogens (primary N) is 1. The Kier molecular flexibility index (Phi) is 6.87. The fourth-order valence-electron chi connectivity index (χ4n) is 1.78. The lowest BCUT2D eigenvalue weighted by molar-refractivity contribution is -0.121. The van der Waals surface area contributed by atoms with E-state index in [1.165, 1.54) is 0 Å². The number of hydrogen-bond donors (Lipinski definition) is 2. The molecule has 0 radical (unpaired) electrons. The number of carbonyl (C=O) groups excluding carboxylic acids is 1. The molecule has 0 aromatic heterocycles. The third-order valence-electron chi connectivity index (χ3n) is 3.12. The number of ether oxygens (including phenoxy) is 2. The van der Waals surface area contributed by atoms with Gasteiger partial charge in [0.15, 0.2) is 11.5 Å². The quantitative estimate of drug-likeness (QED) is 0.756. The van der Waals surface area contributed by atoms with Crippen molar-refractivity contribution in [2.24, 2.45) is 5.73 Å². The minimum atomic E-state index is -0.0468. The van der Waals surface area contributed by atoms with Crippen LogP contribution < -0.4 is 20.5 Å². The molecule has 1 atom stereocenters. The summed E-state index contributed by atoms with van der Waals surface area (Å²) in [5, 5.41) is 2.55. The average Bonchev–Trinajstić information content (AvgIpc) is 2.47. The van der Waals surface area contributed by atoms with Crippen LogP contribution in [0.2, 0.25) is 0 Å². The number of nitrogens with one attached hydrogen (secondary N) is 1. The van der Waals surface area contributed by atoms with Crippen LogP contribution in [0.3, 0.4) is 0 Å². The molecule has 112 valence electrons. The summed E-state index contributed by atoms with van der Waals surface area (Å²) in [6, 6.07) is 5.93. The molecule has 0 saturated carbocycles. The Bertz CT molecular complexity index is 435. The predicted octanol–water partition coefficient (Wildman–Crippen LogP) is 1.49. The second-order valence-electron chi connectivity index (χ2n) is 4.63. The molecule has 3 N–H and O–H groups in total. The minimum Gasteiger partial charge on any atom is -0.493 e. The fraction of sp³-hybridized carbons (Fsp3) is 0.533. The van der Waals surface area contributed by atoms with Gasteiger partial charge >= 0.3 is 0 Å². The van der Waals surface area contributed by atoms with E-state index in [2.05, 4.69) is 12.2 Å². The Morgan fingerprint density at radius 1 is 1.40 bits per heavy atom. The van der Waals surface area contributed by atoms with Crippen LogP contribution in [0.25, 0.3) is 0 Å². The van der Waals surface area contributed by atoms with Crippen molar-refractivity contribution in [3.05, 3.63) is 23.8 Å². The molecular formula is C15H24N2O3. The first-order valence-corrected chi connectivity index (χ1v) is 6.86. The monoisotopic (exact) mass is 280 g/mol. The van der Waals surface area contributed by atoms with E-state index in [9.17, 15) is 4.79 Å². The molecule has 1 rings (SSSR count). The number of methoxy groups -OCH3 is 1. The zero-order chi connectivity index (χ0) is 15.0. The van der Waals surface area contributed by atoms with Crippen LogP contribution in [0, 0.1) is 0 Å². The van der Waals surface area contributed by atoms with Gasteiger partial charge in [0.25, 0.3) is 0 Å². The lowest BCUT2D eigenvalue weighted by Gasteiger charge is -2.13. The maximum atomic E-state index is 11.1. The lowest BCUT2D eigenvalue weighted by atomic mass is 10.0. The molecular weight excluding hydrogens is 256 g/mol. The Balaban J connectivity index is 2.65. The maximum absolute atomic E-state index is 11.1. The van der Waals surface area contributed by atoms with Gasteiger partial charge in [-0.2, -0.15) is 0 Å². The van der Waals surface area contributed by atoms with Crippen molar-refractivity contribution in [3.63, 3.8) is 0 Å². The normalized spacial score (nSPS) is 11.8. The van der Waals surface area contributed by atoms with E-state index in [-0.39, 0.29) is 11.9 Å². The van der Waals surface area contributed by atoms with Gasteiger partial charge in [0, 0.05) is 13.1 Å². The highest BCUT2D eigenvalue weighted by atomic mass is 16.5. The fourth-order valence-corrected chi connectivity index (χ4v) is 1.78. The number of carbonyl (C=O) groups is 1. The zero-order valence-electron chi connectivity index (χ0n) is 12.4. The molecule has 0 aliphatic carbocycles. The molecule has 0 bridgehead atoms. The van der Waals surface area contributed by atoms with E-state index in [4.69, 9.17) is 15.2 Å². The van der Waals surface area contributed by atoms with Crippen molar-refractivity contribution >= 4 is 5.91 Å². The summed E-state index contributed by atoms with van der Waals surface area (Å²) in [5.74, 6) is 1.27. The van der Waals surface area contributed by atoms with Gasteiger partial charge in [-0.05, 0) is 30.5 Å². The van der Waals surface area contributed by atoms with Crippen LogP contribution in [0.1, 0.15) is 25.3 Å². The van der Waals surface area contributed by atoms with Gasteiger partial charge in [0.2, 0.25) is 5.91 Å². The van der Waals surface area contributed by atoms with Crippen molar-refractivity contribution in [3.8, 4) is 11.5 Å². The van der Waals surface area contributed by atoms with Crippen molar-refractivity contribution < 1.29 is 14.3 Å². The standard InChI is InChI=1S/C15H24N2O3/c1-4-12(16)9-11-5-6-13(14(10-11)19-3)20-8-7-15(18)17-2/h5-6,10,12H,4,7-9,16H2,1-3H3,(H,17,18). The summed E-state index contributed by atoms with van der Waals surface area (Å²) in [6.45, 7) is 2.39. The Hall–Kier alpha value is -1.75. The number of amides is 1. The molecule has 0 spiro atoms. The van der Waals surface area contributed by atoms with E-state index >= 15 is 0 Å². The zero-order valence-corrected chi connectivity index (χ0v) is 12.4. The van der Waals surface area contributed by atoms with E-state index < -0.39 is 0 Å². The summed E-state index contributed by atoms with van der Waals surface area (Å²) in [7, 11) is 3.21. The van der Waals surface area contributed by atoms with Gasteiger partial charge in [0.1, 0.15) is 0 Å². The van der Waals surface area contributed by atoms with Crippen LogP contribution in [0.15, 0.2) is 18.2 Å². The molecule has 0 saturated heterocycles. The number of rotatable bonds is 8. The first kappa shape index (κ1) is 16.3. The van der Waals surface area contributed by atoms with E-state index in [1.54, 1.807) is 14.2 Å². The topological polar surface area (TPSA) is 73.6 Å². The summed E-state index contributed by atoms with van der Waals surface area (Å²) in [5.41, 5.74) is 7.07. The Morgan fingerprint density at radius 2 is 2.15 bits per heavy atom. The number of benzene rings is 1. The van der Waals surface area contributed by atoms with Gasteiger partial charge in [-0.15, -0.1) is 0 Å². The molecule has 5 nitrogen and oxygen atoms in total. The second-order valence-corrected chi connectivity index (χ2v) is 4.63. The summed E-state index contributed by atoms with van der Waals surface area (Å²) >= 11 is 0. The molecule has 1 amide bonds. The van der Waals surface area contributed by atoms with Crippen LogP contribution in [-0.2, 0) is 11.2 Å². The van der Waals surface area contributed by atoms with Gasteiger partial charge in [-0.3, -0.25) is 4.79 Å². The molecule has 0 heterocycles. The van der Waals surface area contributed by atoms with Gasteiger partial charge in [-0.1, -0.05) is 13.0 Å². The Labute approximate surface area is 120 Å². The second kappa shape index (κ2) is 8.43. The molecule has 0 aliphatic rings.